The quantitative estimate of drug-likeness (QED) is 0.792. The highest BCUT2D eigenvalue weighted by atomic mass is 15.3. The van der Waals surface area contributed by atoms with Gasteiger partial charge in [-0.15, -0.1) is 0 Å². The summed E-state index contributed by atoms with van der Waals surface area (Å²) in [6.07, 6.45) is 4.37. The molecule has 3 aromatic rings. The summed E-state index contributed by atoms with van der Waals surface area (Å²) in [7, 11) is 1.97. The minimum Gasteiger partial charge on any atom is -0.324 e. The SMILES string of the molecule is Cc1cnccc1C(N)Cc1nn(C)c2ccccc12. The molecule has 1 atom stereocenters. The van der Waals surface area contributed by atoms with E-state index in [4.69, 9.17) is 5.73 Å². The van der Waals surface area contributed by atoms with Crippen molar-refractivity contribution in [1.29, 1.82) is 0 Å². The molecule has 2 N–H and O–H groups in total. The summed E-state index contributed by atoms with van der Waals surface area (Å²) >= 11 is 0. The summed E-state index contributed by atoms with van der Waals surface area (Å²) in [6.45, 7) is 2.04. The molecule has 1 aromatic carbocycles. The summed E-state index contributed by atoms with van der Waals surface area (Å²) in [6, 6.07) is 10.2. The Hall–Kier alpha value is -2.20. The van der Waals surface area contributed by atoms with Crippen LogP contribution in [-0.2, 0) is 13.5 Å². The second-order valence-electron chi connectivity index (χ2n) is 5.13. The number of benzene rings is 1. The summed E-state index contributed by atoms with van der Waals surface area (Å²) in [5, 5.41) is 5.78. The molecule has 0 saturated heterocycles. The van der Waals surface area contributed by atoms with Crippen molar-refractivity contribution in [3.05, 3.63) is 59.5 Å². The number of para-hydroxylation sites is 1. The van der Waals surface area contributed by atoms with Crippen molar-refractivity contribution in [2.45, 2.75) is 19.4 Å². The molecule has 0 bridgehead atoms. The van der Waals surface area contributed by atoms with Crippen LogP contribution in [0.1, 0.15) is 22.9 Å². The van der Waals surface area contributed by atoms with E-state index in [9.17, 15) is 0 Å². The maximum absolute atomic E-state index is 6.35. The van der Waals surface area contributed by atoms with Gasteiger partial charge in [0.15, 0.2) is 0 Å². The second-order valence-corrected chi connectivity index (χ2v) is 5.13. The van der Waals surface area contributed by atoms with Crippen molar-refractivity contribution in [1.82, 2.24) is 14.8 Å². The van der Waals surface area contributed by atoms with E-state index in [-0.39, 0.29) is 6.04 Å². The van der Waals surface area contributed by atoms with Gasteiger partial charge in [0.2, 0.25) is 0 Å². The lowest BCUT2D eigenvalue weighted by Gasteiger charge is -2.13. The van der Waals surface area contributed by atoms with Crippen LogP contribution >= 0.6 is 0 Å². The van der Waals surface area contributed by atoms with Crippen LogP contribution in [0.3, 0.4) is 0 Å². The van der Waals surface area contributed by atoms with Crippen LogP contribution < -0.4 is 5.73 Å². The number of aromatic nitrogens is 3. The summed E-state index contributed by atoms with van der Waals surface area (Å²) in [5.74, 6) is 0. The van der Waals surface area contributed by atoms with Crippen molar-refractivity contribution in [2.75, 3.05) is 0 Å². The number of rotatable bonds is 3. The van der Waals surface area contributed by atoms with Gasteiger partial charge in [-0.1, -0.05) is 18.2 Å². The van der Waals surface area contributed by atoms with Gasteiger partial charge in [0.1, 0.15) is 0 Å². The third-order valence-corrected chi connectivity index (χ3v) is 3.71. The van der Waals surface area contributed by atoms with Gasteiger partial charge in [-0.05, 0) is 30.2 Å². The van der Waals surface area contributed by atoms with Crippen molar-refractivity contribution in [3.8, 4) is 0 Å². The van der Waals surface area contributed by atoms with E-state index in [1.807, 2.05) is 43.0 Å². The summed E-state index contributed by atoms with van der Waals surface area (Å²) in [5.41, 5.74) is 10.8. The van der Waals surface area contributed by atoms with Crippen molar-refractivity contribution >= 4 is 10.9 Å². The molecular weight excluding hydrogens is 248 g/mol. The lowest BCUT2D eigenvalue weighted by atomic mass is 9.99. The minimum atomic E-state index is -0.0590. The fraction of sp³-hybridized carbons (Fsp3) is 0.250. The van der Waals surface area contributed by atoms with E-state index in [0.29, 0.717) is 0 Å². The standard InChI is InChI=1S/C16H18N4/c1-11-10-18-8-7-12(11)14(17)9-15-13-5-3-4-6-16(13)20(2)19-15/h3-8,10,14H,9,17H2,1-2H3. The van der Waals surface area contributed by atoms with E-state index in [0.717, 1.165) is 28.8 Å². The zero-order valence-electron chi connectivity index (χ0n) is 11.7. The van der Waals surface area contributed by atoms with Crippen LogP contribution in [0.5, 0.6) is 0 Å². The summed E-state index contributed by atoms with van der Waals surface area (Å²) in [4.78, 5) is 4.11. The Morgan fingerprint density at radius 2 is 2.05 bits per heavy atom. The van der Waals surface area contributed by atoms with E-state index in [2.05, 4.69) is 22.2 Å². The number of pyridine rings is 1. The summed E-state index contributed by atoms with van der Waals surface area (Å²) < 4.78 is 1.91. The molecule has 3 rings (SSSR count). The van der Waals surface area contributed by atoms with Crippen LogP contribution in [0.15, 0.2) is 42.7 Å². The molecule has 2 aromatic heterocycles. The molecule has 0 aliphatic rings. The van der Waals surface area contributed by atoms with Gasteiger partial charge in [-0.2, -0.15) is 5.10 Å². The van der Waals surface area contributed by atoms with E-state index in [1.165, 1.54) is 5.39 Å². The number of aryl methyl sites for hydroxylation is 2. The molecule has 2 heterocycles. The lowest BCUT2D eigenvalue weighted by Crippen LogP contribution is -2.15. The fourth-order valence-corrected chi connectivity index (χ4v) is 2.66. The fourth-order valence-electron chi connectivity index (χ4n) is 2.66. The smallest absolute Gasteiger partial charge is 0.0722 e. The molecule has 20 heavy (non-hydrogen) atoms. The average molecular weight is 266 g/mol. The Morgan fingerprint density at radius 3 is 2.85 bits per heavy atom. The lowest BCUT2D eigenvalue weighted by molar-refractivity contribution is 0.678. The number of nitrogens with two attached hydrogens (primary N) is 1. The van der Waals surface area contributed by atoms with Gasteiger partial charge in [0, 0.05) is 37.3 Å². The Balaban J connectivity index is 1.96. The maximum Gasteiger partial charge on any atom is 0.0722 e. The molecule has 0 aliphatic carbocycles. The van der Waals surface area contributed by atoms with Gasteiger partial charge in [0.05, 0.1) is 11.2 Å². The number of hydrogen-bond acceptors (Lipinski definition) is 3. The number of nitrogens with zero attached hydrogens (tertiary/aromatic N) is 3. The number of fused-ring (bicyclic) bond motifs is 1. The Labute approximate surface area is 118 Å². The van der Waals surface area contributed by atoms with Crippen molar-refractivity contribution < 1.29 is 0 Å². The molecule has 0 spiro atoms. The molecule has 0 radical (unpaired) electrons. The zero-order chi connectivity index (χ0) is 14.1. The Morgan fingerprint density at radius 1 is 1.25 bits per heavy atom. The largest absolute Gasteiger partial charge is 0.324 e. The average Bonchev–Trinajstić information content (AvgIpc) is 2.76. The van der Waals surface area contributed by atoms with E-state index >= 15 is 0 Å². The third-order valence-electron chi connectivity index (χ3n) is 3.71. The van der Waals surface area contributed by atoms with Gasteiger partial charge in [0.25, 0.3) is 0 Å². The highest BCUT2D eigenvalue weighted by molar-refractivity contribution is 5.81. The third kappa shape index (κ3) is 2.18. The van der Waals surface area contributed by atoms with E-state index in [1.54, 1.807) is 6.20 Å². The van der Waals surface area contributed by atoms with Gasteiger partial charge in [-0.3, -0.25) is 9.67 Å². The normalized spacial score (nSPS) is 12.8. The molecule has 4 nitrogen and oxygen atoms in total. The zero-order valence-corrected chi connectivity index (χ0v) is 11.7. The number of hydrogen-bond donors (Lipinski definition) is 1. The first kappa shape index (κ1) is 12.8. The Kier molecular flexibility index (Phi) is 3.24. The first-order valence-corrected chi connectivity index (χ1v) is 6.73. The monoisotopic (exact) mass is 266 g/mol. The maximum atomic E-state index is 6.35. The molecule has 0 amide bonds. The first-order chi connectivity index (χ1) is 9.66. The second kappa shape index (κ2) is 5.06. The molecule has 4 heteroatoms. The van der Waals surface area contributed by atoms with Crippen LogP contribution in [0.2, 0.25) is 0 Å². The highest BCUT2D eigenvalue weighted by Gasteiger charge is 2.14. The minimum absolute atomic E-state index is 0.0590. The van der Waals surface area contributed by atoms with E-state index < -0.39 is 0 Å². The van der Waals surface area contributed by atoms with Gasteiger partial charge in [-0.25, -0.2) is 0 Å². The van der Waals surface area contributed by atoms with Crippen molar-refractivity contribution in [3.63, 3.8) is 0 Å². The van der Waals surface area contributed by atoms with Gasteiger partial charge >= 0.3 is 0 Å². The van der Waals surface area contributed by atoms with Crippen LogP contribution in [-0.4, -0.2) is 14.8 Å². The Bertz CT molecular complexity index is 745. The molecule has 0 aliphatic heterocycles. The molecular formula is C16H18N4. The van der Waals surface area contributed by atoms with Crippen LogP contribution in [0.4, 0.5) is 0 Å². The molecule has 0 saturated carbocycles. The van der Waals surface area contributed by atoms with Gasteiger partial charge < -0.3 is 5.73 Å². The van der Waals surface area contributed by atoms with Crippen LogP contribution in [0.25, 0.3) is 10.9 Å². The topological polar surface area (TPSA) is 56.7 Å². The predicted molar refractivity (Wildman–Crippen MR) is 80.3 cm³/mol. The van der Waals surface area contributed by atoms with Crippen molar-refractivity contribution in [2.24, 2.45) is 12.8 Å². The highest BCUT2D eigenvalue weighted by Crippen LogP contribution is 2.23. The predicted octanol–water partition coefficient (Wildman–Crippen LogP) is 2.52. The van der Waals surface area contributed by atoms with Crippen LogP contribution in [0, 0.1) is 6.92 Å². The molecule has 1 unspecified atom stereocenters. The molecule has 0 fully saturated rings. The first-order valence-electron chi connectivity index (χ1n) is 6.73. The molecule has 102 valence electrons.